The fraction of sp³-hybridized carbons (Fsp3) is 0.448. The molecule has 0 bridgehead atoms. The molecule has 9 nitrogen and oxygen atoms in total. The number of fused-ring (bicyclic) bond motifs is 1. The smallest absolute Gasteiger partial charge is 0.433 e. The van der Waals surface area contributed by atoms with Gasteiger partial charge in [0.05, 0.1) is 18.7 Å². The molecule has 0 aromatic heterocycles. The minimum absolute atomic E-state index is 0.0971. The minimum atomic E-state index is -1.41. The number of amides is 2. The zero-order valence-corrected chi connectivity index (χ0v) is 23.4. The highest BCUT2D eigenvalue weighted by Crippen LogP contribution is 2.40. The molecule has 0 saturated carbocycles. The quantitative estimate of drug-likeness (QED) is 0.461. The Bertz CT molecular complexity index is 1280. The molecule has 2 aromatic carbocycles. The number of hydrogen-bond donors (Lipinski definition) is 3. The third kappa shape index (κ3) is 5.82. The normalized spacial score (nSPS) is 14.4. The Labute approximate surface area is 223 Å². The second-order valence-corrected chi connectivity index (χ2v) is 11.4. The van der Waals surface area contributed by atoms with Gasteiger partial charge in [0.1, 0.15) is 17.3 Å². The zero-order valence-electron chi connectivity index (χ0n) is 23.4. The van der Waals surface area contributed by atoms with E-state index in [2.05, 4.69) is 10.3 Å². The molecule has 0 atom stereocenters. The number of benzene rings is 2. The highest BCUT2D eigenvalue weighted by molar-refractivity contribution is 6.11. The van der Waals surface area contributed by atoms with Crippen molar-refractivity contribution >= 4 is 23.6 Å². The van der Waals surface area contributed by atoms with Crippen LogP contribution in [0.3, 0.4) is 0 Å². The van der Waals surface area contributed by atoms with Crippen LogP contribution >= 0.6 is 0 Å². The summed E-state index contributed by atoms with van der Waals surface area (Å²) in [5, 5.41) is 23.1. The van der Waals surface area contributed by atoms with Gasteiger partial charge >= 0.3 is 6.09 Å². The van der Waals surface area contributed by atoms with Gasteiger partial charge in [0, 0.05) is 35.8 Å². The summed E-state index contributed by atoms with van der Waals surface area (Å²) in [5.41, 5.74) is 2.33. The summed E-state index contributed by atoms with van der Waals surface area (Å²) in [7, 11) is 1.50. The van der Waals surface area contributed by atoms with E-state index in [0.29, 0.717) is 40.2 Å². The van der Waals surface area contributed by atoms with Crippen molar-refractivity contribution in [2.24, 2.45) is 4.99 Å². The molecule has 0 fully saturated rings. The number of carbonyl (C=O) groups is 3. The highest BCUT2D eigenvalue weighted by Gasteiger charge is 2.33. The van der Waals surface area contributed by atoms with Crippen molar-refractivity contribution in [1.29, 1.82) is 0 Å². The first-order valence-electron chi connectivity index (χ1n) is 12.6. The maximum Gasteiger partial charge on any atom is 0.433 e. The predicted molar refractivity (Wildman–Crippen MR) is 146 cm³/mol. The molecule has 3 rings (SSSR count). The Balaban J connectivity index is 2.08. The molecule has 1 heterocycles. The molecular weight excluding hydrogens is 486 g/mol. The van der Waals surface area contributed by atoms with Crippen LogP contribution in [-0.4, -0.2) is 58.9 Å². The largest absolute Gasteiger partial charge is 0.507 e. The minimum Gasteiger partial charge on any atom is -0.507 e. The highest BCUT2D eigenvalue weighted by atomic mass is 16.5. The van der Waals surface area contributed by atoms with E-state index in [1.807, 2.05) is 41.5 Å². The summed E-state index contributed by atoms with van der Waals surface area (Å²) in [4.78, 5) is 43.1. The Morgan fingerprint density at radius 3 is 2.08 bits per heavy atom. The average molecular weight is 524 g/mol. The monoisotopic (exact) mass is 523 g/mol. The predicted octanol–water partition coefficient (Wildman–Crippen LogP) is 4.87. The van der Waals surface area contributed by atoms with E-state index >= 15 is 0 Å². The van der Waals surface area contributed by atoms with E-state index in [1.165, 1.54) is 7.05 Å². The fourth-order valence-electron chi connectivity index (χ4n) is 4.55. The lowest BCUT2D eigenvalue weighted by Gasteiger charge is -2.28. The number of Topliss-reactive ketones (excluding diaryl/α,β-unsaturated/α-hetero) is 1. The number of nitrogens with zero attached hydrogens (tertiary/aromatic N) is 2. The number of nitrogens with one attached hydrogen (secondary N) is 1. The number of rotatable bonds is 6. The third-order valence-corrected chi connectivity index (χ3v) is 6.46. The first-order chi connectivity index (χ1) is 17.6. The van der Waals surface area contributed by atoms with Gasteiger partial charge in [-0.3, -0.25) is 9.59 Å². The summed E-state index contributed by atoms with van der Waals surface area (Å²) in [5.74, 6) is 0.0161. The number of carboxylic acid groups (broad SMARTS) is 1. The van der Waals surface area contributed by atoms with E-state index < -0.39 is 16.9 Å². The van der Waals surface area contributed by atoms with Crippen molar-refractivity contribution in [2.75, 3.05) is 20.2 Å². The van der Waals surface area contributed by atoms with Crippen LogP contribution in [0.25, 0.3) is 0 Å². The fourth-order valence-corrected chi connectivity index (χ4v) is 4.55. The number of carbonyl (C=O) groups excluding carboxylic acids is 2. The summed E-state index contributed by atoms with van der Waals surface area (Å²) in [6.07, 6.45) is -1.41. The topological polar surface area (TPSA) is 129 Å². The van der Waals surface area contributed by atoms with Gasteiger partial charge in [0.2, 0.25) is 0 Å². The molecular formula is C29H37N3O6. The first-order valence-corrected chi connectivity index (χ1v) is 12.6. The molecule has 3 N–H and O–H groups in total. The number of ketones is 1. The molecule has 0 spiro atoms. The molecule has 0 aliphatic carbocycles. The van der Waals surface area contributed by atoms with E-state index in [1.54, 1.807) is 36.1 Å². The van der Waals surface area contributed by atoms with E-state index in [0.717, 1.165) is 0 Å². The van der Waals surface area contributed by atoms with Crippen LogP contribution in [0.5, 0.6) is 11.5 Å². The lowest BCUT2D eigenvalue weighted by atomic mass is 9.78. The molecule has 1 aliphatic rings. The summed E-state index contributed by atoms with van der Waals surface area (Å²) < 4.78 is 5.66. The van der Waals surface area contributed by atoms with Crippen LogP contribution in [0.15, 0.2) is 29.3 Å². The molecule has 1 aliphatic heterocycles. The number of aromatic hydroxyl groups is 1. The zero-order chi connectivity index (χ0) is 28.6. The second-order valence-electron chi connectivity index (χ2n) is 11.4. The number of phenols is 1. The summed E-state index contributed by atoms with van der Waals surface area (Å²) >= 11 is 0. The molecule has 204 valence electrons. The van der Waals surface area contributed by atoms with Crippen molar-refractivity contribution in [3.63, 3.8) is 0 Å². The van der Waals surface area contributed by atoms with Gasteiger partial charge in [-0.25, -0.2) is 4.79 Å². The van der Waals surface area contributed by atoms with Gasteiger partial charge < -0.3 is 25.2 Å². The number of aliphatic imine (C=N–C) groups is 1. The molecule has 0 radical (unpaired) electrons. The standard InChI is InChI=1S/C29H37N3O6/c1-9-38-23-12-17-14-32(25(31-27(36)37)18(17)13-19(23)26(35)30-8)15-22(33)16-10-20(28(2,3)4)24(34)21(11-16)29(5,6)7/h10-13,34H,9,14-15H2,1-8H3,(H,30,35)(H,36,37). The van der Waals surface area contributed by atoms with E-state index in [4.69, 9.17) is 4.74 Å². The van der Waals surface area contributed by atoms with E-state index in [-0.39, 0.29) is 41.9 Å². The van der Waals surface area contributed by atoms with Gasteiger partial charge in [-0.15, -0.1) is 0 Å². The first kappa shape index (κ1) is 28.7. The van der Waals surface area contributed by atoms with Crippen LogP contribution in [-0.2, 0) is 17.4 Å². The molecule has 0 saturated heterocycles. The number of amidine groups is 1. The summed E-state index contributed by atoms with van der Waals surface area (Å²) in [6, 6.07) is 6.67. The number of hydrogen-bond acceptors (Lipinski definition) is 5. The van der Waals surface area contributed by atoms with Crippen LogP contribution in [0.2, 0.25) is 0 Å². The lowest BCUT2D eigenvalue weighted by molar-refractivity contribution is 0.0953. The van der Waals surface area contributed by atoms with Crippen molar-refractivity contribution in [1.82, 2.24) is 10.2 Å². The molecule has 38 heavy (non-hydrogen) atoms. The van der Waals surface area contributed by atoms with Gasteiger partial charge in [0.15, 0.2) is 5.78 Å². The SMILES string of the molecule is CCOc1cc2c(cc1C(=O)NC)C(=NC(=O)O)N(CC(=O)c1cc(C(C)(C)C)c(O)c(C(C)(C)C)c1)C2. The van der Waals surface area contributed by atoms with Crippen molar-refractivity contribution in [3.8, 4) is 11.5 Å². The Morgan fingerprint density at radius 2 is 1.61 bits per heavy atom. The van der Waals surface area contributed by atoms with Crippen LogP contribution in [0.4, 0.5) is 4.79 Å². The van der Waals surface area contributed by atoms with Crippen molar-refractivity contribution in [3.05, 3.63) is 57.6 Å². The Kier molecular flexibility index (Phi) is 7.91. The van der Waals surface area contributed by atoms with Gasteiger partial charge in [-0.1, -0.05) is 41.5 Å². The second kappa shape index (κ2) is 10.5. The number of phenolic OH excluding ortho intramolecular Hbond substituents is 1. The van der Waals surface area contributed by atoms with Crippen LogP contribution < -0.4 is 10.1 Å². The van der Waals surface area contributed by atoms with Crippen LogP contribution in [0.1, 0.15) is 91.4 Å². The maximum atomic E-state index is 13.6. The summed E-state index contributed by atoms with van der Waals surface area (Å²) in [6.45, 7) is 14.0. The van der Waals surface area contributed by atoms with Gasteiger partial charge in [-0.05, 0) is 47.6 Å². The van der Waals surface area contributed by atoms with Crippen LogP contribution in [0, 0.1) is 0 Å². The molecule has 9 heteroatoms. The Hall–Kier alpha value is -3.88. The number of ether oxygens (including phenoxy) is 1. The molecule has 2 amide bonds. The van der Waals surface area contributed by atoms with Gasteiger partial charge in [-0.2, -0.15) is 4.99 Å². The average Bonchev–Trinajstić information content (AvgIpc) is 3.11. The van der Waals surface area contributed by atoms with Crippen molar-refractivity contribution < 1.29 is 29.3 Å². The molecule has 0 unspecified atom stereocenters. The molecule has 2 aromatic rings. The Morgan fingerprint density at radius 1 is 1.03 bits per heavy atom. The lowest BCUT2D eigenvalue weighted by Crippen LogP contribution is -2.32. The maximum absolute atomic E-state index is 13.6. The van der Waals surface area contributed by atoms with Crippen molar-refractivity contribution in [2.45, 2.75) is 65.8 Å². The van der Waals surface area contributed by atoms with E-state index in [9.17, 15) is 24.6 Å². The van der Waals surface area contributed by atoms with Gasteiger partial charge in [0.25, 0.3) is 5.91 Å². The third-order valence-electron chi connectivity index (χ3n) is 6.46.